The third-order valence-electron chi connectivity index (χ3n) is 2.63. The van der Waals surface area contributed by atoms with Gasteiger partial charge in [0.05, 0.1) is 25.3 Å². The number of hydrogen-bond donors (Lipinski definition) is 1. The molecule has 16 heavy (non-hydrogen) atoms. The van der Waals surface area contributed by atoms with E-state index in [2.05, 4.69) is 0 Å². The van der Waals surface area contributed by atoms with Gasteiger partial charge in [0.15, 0.2) is 11.5 Å². The van der Waals surface area contributed by atoms with Crippen molar-refractivity contribution in [1.29, 1.82) is 0 Å². The topological polar surface area (TPSA) is 38.7 Å². The zero-order valence-corrected chi connectivity index (χ0v) is 9.96. The number of rotatable bonds is 5. The monoisotopic (exact) mass is 242 g/mol. The van der Waals surface area contributed by atoms with E-state index in [-0.39, 0.29) is 6.61 Å². The molecule has 3 nitrogen and oxygen atoms in total. The van der Waals surface area contributed by atoms with Crippen molar-refractivity contribution in [1.82, 2.24) is 0 Å². The molecule has 0 spiro atoms. The van der Waals surface area contributed by atoms with Crippen LogP contribution in [0.2, 0.25) is 5.02 Å². The molecule has 4 heteroatoms. The molecular formula is C12H15ClO3. The van der Waals surface area contributed by atoms with Crippen molar-refractivity contribution in [2.75, 3.05) is 13.7 Å². The van der Waals surface area contributed by atoms with Gasteiger partial charge >= 0.3 is 0 Å². The number of aliphatic hydroxyl groups is 1. The summed E-state index contributed by atoms with van der Waals surface area (Å²) in [7, 11) is 1.57. The lowest BCUT2D eigenvalue weighted by molar-refractivity contribution is 0.272. The minimum atomic E-state index is -0.0566. The summed E-state index contributed by atoms with van der Waals surface area (Å²) < 4.78 is 10.8. The van der Waals surface area contributed by atoms with Gasteiger partial charge in [-0.1, -0.05) is 11.6 Å². The second-order valence-electron chi connectivity index (χ2n) is 4.02. The number of aliphatic hydroxyl groups excluding tert-OH is 1. The summed E-state index contributed by atoms with van der Waals surface area (Å²) in [5, 5.41) is 9.54. The summed E-state index contributed by atoms with van der Waals surface area (Å²) in [6, 6.07) is 3.44. The Hall–Kier alpha value is -0.930. The van der Waals surface area contributed by atoms with Crippen LogP contribution in [0.3, 0.4) is 0 Å². The summed E-state index contributed by atoms with van der Waals surface area (Å²) in [4.78, 5) is 0. The van der Waals surface area contributed by atoms with Crippen LogP contribution in [0.4, 0.5) is 0 Å². The Morgan fingerprint density at radius 2 is 2.19 bits per heavy atom. The van der Waals surface area contributed by atoms with E-state index in [4.69, 9.17) is 26.2 Å². The van der Waals surface area contributed by atoms with Crippen LogP contribution in [-0.2, 0) is 6.61 Å². The SMILES string of the molecule is COc1cc(CO)cc(Cl)c1OCC1CC1. The first-order chi connectivity index (χ1) is 7.74. The van der Waals surface area contributed by atoms with E-state index in [9.17, 15) is 0 Å². The van der Waals surface area contributed by atoms with Crippen molar-refractivity contribution in [3.05, 3.63) is 22.7 Å². The minimum Gasteiger partial charge on any atom is -0.493 e. The zero-order chi connectivity index (χ0) is 11.5. The van der Waals surface area contributed by atoms with Crippen LogP contribution < -0.4 is 9.47 Å². The molecule has 0 unspecified atom stereocenters. The number of hydrogen-bond acceptors (Lipinski definition) is 3. The first-order valence-electron chi connectivity index (χ1n) is 5.34. The third-order valence-corrected chi connectivity index (χ3v) is 2.91. The average Bonchev–Trinajstić information content (AvgIpc) is 3.10. The van der Waals surface area contributed by atoms with Gasteiger partial charge in [-0.15, -0.1) is 0 Å². The lowest BCUT2D eigenvalue weighted by atomic mass is 10.2. The van der Waals surface area contributed by atoms with E-state index >= 15 is 0 Å². The molecule has 2 rings (SSSR count). The molecule has 0 heterocycles. The first-order valence-corrected chi connectivity index (χ1v) is 5.72. The predicted octanol–water partition coefficient (Wildman–Crippen LogP) is 2.63. The number of ether oxygens (including phenoxy) is 2. The molecule has 0 saturated heterocycles. The van der Waals surface area contributed by atoms with Crippen molar-refractivity contribution in [2.45, 2.75) is 19.4 Å². The first kappa shape index (κ1) is 11.6. The summed E-state index contributed by atoms with van der Waals surface area (Å²) in [5.74, 6) is 1.82. The lowest BCUT2D eigenvalue weighted by Gasteiger charge is -2.13. The molecule has 1 aromatic rings. The summed E-state index contributed by atoms with van der Waals surface area (Å²) >= 11 is 6.08. The Bertz CT molecular complexity index is 375. The minimum absolute atomic E-state index is 0.0566. The maximum Gasteiger partial charge on any atom is 0.179 e. The van der Waals surface area contributed by atoms with Crippen LogP contribution in [-0.4, -0.2) is 18.8 Å². The molecule has 1 aliphatic carbocycles. The molecule has 1 saturated carbocycles. The molecule has 1 aromatic carbocycles. The van der Waals surface area contributed by atoms with Crippen molar-refractivity contribution in [3.8, 4) is 11.5 Å². The summed E-state index contributed by atoms with van der Waals surface area (Å²) in [6.07, 6.45) is 2.46. The van der Waals surface area contributed by atoms with E-state index in [0.717, 1.165) is 5.56 Å². The number of halogens is 1. The van der Waals surface area contributed by atoms with Crippen molar-refractivity contribution in [2.24, 2.45) is 5.92 Å². The zero-order valence-electron chi connectivity index (χ0n) is 9.20. The molecule has 0 amide bonds. The normalized spacial score (nSPS) is 14.9. The fraction of sp³-hybridized carbons (Fsp3) is 0.500. The van der Waals surface area contributed by atoms with Crippen LogP contribution in [0.1, 0.15) is 18.4 Å². The van der Waals surface area contributed by atoms with Crippen LogP contribution in [0, 0.1) is 5.92 Å². The Labute approximate surface area is 99.9 Å². The maximum atomic E-state index is 9.05. The van der Waals surface area contributed by atoms with Gasteiger partial charge in [0.25, 0.3) is 0 Å². The molecule has 0 aliphatic heterocycles. The smallest absolute Gasteiger partial charge is 0.179 e. The van der Waals surface area contributed by atoms with Gasteiger partial charge in [-0.25, -0.2) is 0 Å². The Morgan fingerprint density at radius 1 is 1.44 bits per heavy atom. The van der Waals surface area contributed by atoms with E-state index in [0.29, 0.717) is 29.0 Å². The summed E-state index contributed by atoms with van der Waals surface area (Å²) in [6.45, 7) is 0.632. The average molecular weight is 243 g/mol. The van der Waals surface area contributed by atoms with Gasteiger partial charge in [0, 0.05) is 0 Å². The van der Waals surface area contributed by atoms with E-state index < -0.39 is 0 Å². The van der Waals surface area contributed by atoms with Gasteiger partial charge in [0.2, 0.25) is 0 Å². The van der Waals surface area contributed by atoms with E-state index in [1.165, 1.54) is 12.8 Å². The summed E-state index contributed by atoms with van der Waals surface area (Å²) in [5.41, 5.74) is 0.723. The van der Waals surface area contributed by atoms with Crippen LogP contribution in [0.25, 0.3) is 0 Å². The Kier molecular flexibility index (Phi) is 3.56. The second-order valence-corrected chi connectivity index (χ2v) is 4.43. The highest BCUT2D eigenvalue weighted by atomic mass is 35.5. The molecule has 88 valence electrons. The molecule has 0 bridgehead atoms. The number of methoxy groups -OCH3 is 1. The van der Waals surface area contributed by atoms with Crippen LogP contribution in [0.5, 0.6) is 11.5 Å². The van der Waals surface area contributed by atoms with E-state index in [1.54, 1.807) is 19.2 Å². The molecule has 0 aromatic heterocycles. The van der Waals surface area contributed by atoms with Gasteiger partial charge in [-0.05, 0) is 36.5 Å². The van der Waals surface area contributed by atoms with Gasteiger partial charge in [0.1, 0.15) is 0 Å². The highest BCUT2D eigenvalue weighted by Gasteiger charge is 2.23. The Morgan fingerprint density at radius 3 is 2.75 bits per heavy atom. The van der Waals surface area contributed by atoms with E-state index in [1.807, 2.05) is 0 Å². The molecule has 1 N–H and O–H groups in total. The van der Waals surface area contributed by atoms with Crippen molar-refractivity contribution in [3.63, 3.8) is 0 Å². The molecule has 0 atom stereocenters. The fourth-order valence-electron chi connectivity index (χ4n) is 1.49. The van der Waals surface area contributed by atoms with Crippen LogP contribution in [0.15, 0.2) is 12.1 Å². The maximum absolute atomic E-state index is 9.05. The van der Waals surface area contributed by atoms with Crippen molar-refractivity contribution < 1.29 is 14.6 Å². The highest BCUT2D eigenvalue weighted by Crippen LogP contribution is 2.38. The largest absolute Gasteiger partial charge is 0.493 e. The van der Waals surface area contributed by atoms with Crippen molar-refractivity contribution >= 4 is 11.6 Å². The predicted molar refractivity (Wildman–Crippen MR) is 62.1 cm³/mol. The molecule has 1 aliphatic rings. The fourth-order valence-corrected chi connectivity index (χ4v) is 1.78. The Balaban J connectivity index is 2.18. The molecule has 0 radical (unpaired) electrons. The quantitative estimate of drug-likeness (QED) is 0.863. The highest BCUT2D eigenvalue weighted by molar-refractivity contribution is 6.32. The van der Waals surface area contributed by atoms with Gasteiger partial charge < -0.3 is 14.6 Å². The van der Waals surface area contributed by atoms with Gasteiger partial charge in [-0.2, -0.15) is 0 Å². The molecule has 1 fully saturated rings. The standard InChI is InChI=1S/C12H15ClO3/c1-15-11-5-9(6-14)4-10(13)12(11)16-7-8-2-3-8/h4-5,8,14H,2-3,6-7H2,1H3. The lowest BCUT2D eigenvalue weighted by Crippen LogP contribution is -2.02. The number of benzene rings is 1. The van der Waals surface area contributed by atoms with Crippen LogP contribution >= 0.6 is 11.6 Å². The van der Waals surface area contributed by atoms with Gasteiger partial charge in [-0.3, -0.25) is 0 Å². The second kappa shape index (κ2) is 4.93. The molecular weight excluding hydrogens is 228 g/mol. The third kappa shape index (κ3) is 2.60.